The van der Waals surface area contributed by atoms with E-state index in [1.54, 1.807) is 23.3 Å². The SMILES string of the molecule is COc1cc(C(=O)N(Cc2ccccc2)Cc2ccco2)ccc1OC(F)F. The van der Waals surface area contributed by atoms with Crippen molar-refractivity contribution in [3.8, 4) is 11.5 Å². The Hall–Kier alpha value is -3.35. The summed E-state index contributed by atoms with van der Waals surface area (Å²) in [6, 6.07) is 17.2. The Bertz CT molecular complexity index is 898. The van der Waals surface area contributed by atoms with E-state index in [1.165, 1.54) is 25.3 Å². The Morgan fingerprint density at radius 2 is 1.82 bits per heavy atom. The fourth-order valence-corrected chi connectivity index (χ4v) is 2.77. The smallest absolute Gasteiger partial charge is 0.387 e. The van der Waals surface area contributed by atoms with Crippen LogP contribution < -0.4 is 9.47 Å². The second-order valence-corrected chi connectivity index (χ2v) is 5.97. The van der Waals surface area contributed by atoms with Gasteiger partial charge >= 0.3 is 6.61 Å². The molecule has 0 unspecified atom stereocenters. The number of ether oxygens (including phenoxy) is 2. The molecule has 1 heterocycles. The number of amides is 1. The number of alkyl halides is 2. The van der Waals surface area contributed by atoms with Crippen LogP contribution in [0, 0.1) is 0 Å². The molecule has 0 radical (unpaired) electrons. The molecule has 0 saturated heterocycles. The van der Waals surface area contributed by atoms with Gasteiger partial charge in [0.05, 0.1) is 19.9 Å². The van der Waals surface area contributed by atoms with Crippen molar-refractivity contribution in [3.05, 3.63) is 83.8 Å². The summed E-state index contributed by atoms with van der Waals surface area (Å²) in [4.78, 5) is 14.7. The van der Waals surface area contributed by atoms with Gasteiger partial charge in [-0.2, -0.15) is 8.78 Å². The predicted molar refractivity (Wildman–Crippen MR) is 98.4 cm³/mol. The van der Waals surface area contributed by atoms with Crippen LogP contribution in [-0.2, 0) is 13.1 Å². The van der Waals surface area contributed by atoms with Gasteiger partial charge in [0.2, 0.25) is 0 Å². The van der Waals surface area contributed by atoms with E-state index in [0.29, 0.717) is 17.9 Å². The highest BCUT2D eigenvalue weighted by molar-refractivity contribution is 5.94. The minimum absolute atomic E-state index is 0.0591. The van der Waals surface area contributed by atoms with Gasteiger partial charge < -0.3 is 18.8 Å². The van der Waals surface area contributed by atoms with Crippen LogP contribution in [0.25, 0.3) is 0 Å². The lowest BCUT2D eigenvalue weighted by atomic mass is 10.1. The van der Waals surface area contributed by atoms with Gasteiger partial charge in [-0.15, -0.1) is 0 Å². The molecule has 2 aromatic carbocycles. The monoisotopic (exact) mass is 387 g/mol. The van der Waals surface area contributed by atoms with E-state index in [-0.39, 0.29) is 24.0 Å². The van der Waals surface area contributed by atoms with Gasteiger partial charge in [0.25, 0.3) is 5.91 Å². The van der Waals surface area contributed by atoms with Crippen molar-refractivity contribution in [2.75, 3.05) is 7.11 Å². The molecular formula is C21H19F2NO4. The zero-order valence-corrected chi connectivity index (χ0v) is 15.2. The summed E-state index contributed by atoms with van der Waals surface area (Å²) in [6.07, 6.45) is 1.54. The van der Waals surface area contributed by atoms with Gasteiger partial charge in [-0.1, -0.05) is 30.3 Å². The molecule has 0 saturated carbocycles. The lowest BCUT2D eigenvalue weighted by molar-refractivity contribution is -0.0512. The Morgan fingerprint density at radius 1 is 1.04 bits per heavy atom. The zero-order chi connectivity index (χ0) is 19.9. The quantitative estimate of drug-likeness (QED) is 0.561. The van der Waals surface area contributed by atoms with Gasteiger partial charge in [0.15, 0.2) is 11.5 Å². The van der Waals surface area contributed by atoms with E-state index < -0.39 is 6.61 Å². The summed E-state index contributed by atoms with van der Waals surface area (Å²) in [7, 11) is 1.33. The third-order valence-corrected chi connectivity index (χ3v) is 4.06. The number of benzene rings is 2. The molecule has 0 atom stereocenters. The Balaban J connectivity index is 1.87. The maximum Gasteiger partial charge on any atom is 0.387 e. The highest BCUT2D eigenvalue weighted by Crippen LogP contribution is 2.30. The molecule has 1 amide bonds. The molecule has 3 rings (SSSR count). The van der Waals surface area contributed by atoms with Crippen molar-refractivity contribution in [2.45, 2.75) is 19.7 Å². The van der Waals surface area contributed by atoms with Crippen molar-refractivity contribution < 1.29 is 27.5 Å². The number of methoxy groups -OCH3 is 1. The first-order valence-electron chi connectivity index (χ1n) is 8.55. The van der Waals surface area contributed by atoms with Crippen molar-refractivity contribution >= 4 is 5.91 Å². The average Bonchev–Trinajstić information content (AvgIpc) is 3.21. The average molecular weight is 387 g/mol. The first kappa shape index (κ1) is 19.4. The van der Waals surface area contributed by atoms with Crippen molar-refractivity contribution in [1.29, 1.82) is 0 Å². The van der Waals surface area contributed by atoms with Gasteiger partial charge in [-0.3, -0.25) is 4.79 Å². The molecule has 0 spiro atoms. The van der Waals surface area contributed by atoms with Crippen molar-refractivity contribution in [2.24, 2.45) is 0 Å². The first-order chi connectivity index (χ1) is 13.6. The van der Waals surface area contributed by atoms with Crippen LogP contribution in [0.3, 0.4) is 0 Å². The van der Waals surface area contributed by atoms with Crippen molar-refractivity contribution in [3.63, 3.8) is 0 Å². The van der Waals surface area contributed by atoms with Gasteiger partial charge in [-0.25, -0.2) is 0 Å². The molecular weight excluding hydrogens is 368 g/mol. The summed E-state index contributed by atoms with van der Waals surface area (Å²) in [5, 5.41) is 0. The normalized spacial score (nSPS) is 10.7. The molecule has 7 heteroatoms. The van der Waals surface area contributed by atoms with Crippen LogP contribution in [0.2, 0.25) is 0 Å². The van der Waals surface area contributed by atoms with E-state index in [4.69, 9.17) is 9.15 Å². The summed E-state index contributed by atoms with van der Waals surface area (Å²) in [6.45, 7) is -2.36. The number of hydrogen-bond donors (Lipinski definition) is 0. The number of hydrogen-bond acceptors (Lipinski definition) is 4. The second-order valence-electron chi connectivity index (χ2n) is 5.97. The number of carbonyl (C=O) groups excluding carboxylic acids is 1. The van der Waals surface area contributed by atoms with Crippen LogP contribution in [0.5, 0.6) is 11.5 Å². The molecule has 3 aromatic rings. The minimum atomic E-state index is -2.98. The number of carbonyl (C=O) groups is 1. The van der Waals surface area contributed by atoms with Crippen LogP contribution in [0.4, 0.5) is 8.78 Å². The molecule has 0 fully saturated rings. The number of furan rings is 1. The fraction of sp³-hybridized carbons (Fsp3) is 0.190. The van der Waals surface area contributed by atoms with Crippen LogP contribution in [0.1, 0.15) is 21.7 Å². The largest absolute Gasteiger partial charge is 0.493 e. The van der Waals surface area contributed by atoms with Crippen molar-refractivity contribution in [1.82, 2.24) is 4.90 Å². The molecule has 5 nitrogen and oxygen atoms in total. The fourth-order valence-electron chi connectivity index (χ4n) is 2.77. The molecule has 0 N–H and O–H groups in total. The minimum Gasteiger partial charge on any atom is -0.493 e. The van der Waals surface area contributed by atoms with E-state index in [2.05, 4.69) is 4.74 Å². The van der Waals surface area contributed by atoms with Gasteiger partial charge in [0.1, 0.15) is 5.76 Å². The standard InChI is InChI=1S/C21H19F2NO4/c1-26-19-12-16(9-10-18(19)28-21(22)23)20(25)24(14-17-8-5-11-27-17)13-15-6-3-2-4-7-15/h2-12,21H,13-14H2,1H3. The van der Waals surface area contributed by atoms with Crippen LogP contribution >= 0.6 is 0 Å². The summed E-state index contributed by atoms with van der Waals surface area (Å²) >= 11 is 0. The lowest BCUT2D eigenvalue weighted by Gasteiger charge is -2.22. The number of rotatable bonds is 8. The Morgan fingerprint density at radius 3 is 2.46 bits per heavy atom. The molecule has 0 aliphatic carbocycles. The van der Waals surface area contributed by atoms with E-state index >= 15 is 0 Å². The molecule has 0 aliphatic heterocycles. The second kappa shape index (κ2) is 9.03. The summed E-state index contributed by atoms with van der Waals surface area (Å²) in [5.74, 6) is 0.273. The number of halogens is 2. The van der Waals surface area contributed by atoms with Crippen LogP contribution in [0.15, 0.2) is 71.3 Å². The molecule has 28 heavy (non-hydrogen) atoms. The topological polar surface area (TPSA) is 51.9 Å². The summed E-state index contributed by atoms with van der Waals surface area (Å²) < 4.78 is 39.9. The predicted octanol–water partition coefficient (Wildman–Crippen LogP) is 4.73. The first-order valence-corrected chi connectivity index (χ1v) is 8.55. The Kier molecular flexibility index (Phi) is 6.26. The van der Waals surface area contributed by atoms with Gasteiger partial charge in [0, 0.05) is 12.1 Å². The van der Waals surface area contributed by atoms with E-state index in [0.717, 1.165) is 5.56 Å². The molecule has 1 aromatic heterocycles. The zero-order valence-electron chi connectivity index (χ0n) is 15.2. The van der Waals surface area contributed by atoms with Gasteiger partial charge in [-0.05, 0) is 35.9 Å². The Labute approximate surface area is 161 Å². The molecule has 0 bridgehead atoms. The highest BCUT2D eigenvalue weighted by Gasteiger charge is 2.20. The third-order valence-electron chi connectivity index (χ3n) is 4.06. The maximum absolute atomic E-state index is 13.1. The highest BCUT2D eigenvalue weighted by atomic mass is 19.3. The lowest BCUT2D eigenvalue weighted by Crippen LogP contribution is -2.30. The molecule has 0 aliphatic rings. The third kappa shape index (κ3) is 4.88. The van der Waals surface area contributed by atoms with E-state index in [1.807, 2.05) is 30.3 Å². The number of nitrogens with zero attached hydrogens (tertiary/aromatic N) is 1. The maximum atomic E-state index is 13.1. The van der Waals surface area contributed by atoms with E-state index in [9.17, 15) is 13.6 Å². The summed E-state index contributed by atoms with van der Waals surface area (Å²) in [5.41, 5.74) is 1.24. The van der Waals surface area contributed by atoms with Crippen LogP contribution in [-0.4, -0.2) is 24.5 Å². The molecule has 146 valence electrons.